The molecule has 0 saturated heterocycles. The Bertz CT molecular complexity index is 829. The van der Waals surface area contributed by atoms with Gasteiger partial charge in [-0.05, 0) is 39.7 Å². The Morgan fingerprint density at radius 1 is 1.36 bits per heavy atom. The fourth-order valence-electron chi connectivity index (χ4n) is 2.08. The lowest BCUT2D eigenvalue weighted by Gasteiger charge is -2.04. The molecule has 112 valence electrons. The largest absolute Gasteiger partial charge is 0.481 e. The van der Waals surface area contributed by atoms with Gasteiger partial charge in [-0.25, -0.2) is 4.98 Å². The van der Waals surface area contributed by atoms with Gasteiger partial charge in [-0.3, -0.25) is 4.79 Å². The molecule has 2 heterocycles. The van der Waals surface area contributed by atoms with Gasteiger partial charge in [0.25, 0.3) is 5.91 Å². The van der Waals surface area contributed by atoms with Gasteiger partial charge in [-0.1, -0.05) is 12.1 Å². The predicted octanol–water partition coefficient (Wildman–Crippen LogP) is 3.53. The number of hydrogen-bond donors (Lipinski definition) is 1. The van der Waals surface area contributed by atoms with Crippen LogP contribution >= 0.6 is 15.9 Å². The zero-order valence-corrected chi connectivity index (χ0v) is 13.4. The van der Waals surface area contributed by atoms with Crippen molar-refractivity contribution >= 4 is 32.8 Å². The molecular formula is C16H13BrN2O3. The van der Waals surface area contributed by atoms with Gasteiger partial charge in [0.1, 0.15) is 5.58 Å². The highest BCUT2D eigenvalue weighted by Gasteiger charge is 2.13. The van der Waals surface area contributed by atoms with E-state index in [1.807, 2.05) is 24.3 Å². The van der Waals surface area contributed by atoms with Crippen molar-refractivity contribution in [3.8, 4) is 5.88 Å². The normalized spacial score (nSPS) is 10.6. The molecule has 1 amide bonds. The Morgan fingerprint density at radius 3 is 3.00 bits per heavy atom. The zero-order valence-electron chi connectivity index (χ0n) is 11.8. The van der Waals surface area contributed by atoms with E-state index in [4.69, 9.17) is 9.15 Å². The van der Waals surface area contributed by atoms with E-state index in [-0.39, 0.29) is 11.7 Å². The number of furan rings is 1. The molecule has 0 unspecified atom stereocenters. The molecule has 1 aromatic carbocycles. The highest BCUT2D eigenvalue weighted by atomic mass is 79.9. The Hall–Kier alpha value is -2.34. The first kappa shape index (κ1) is 14.6. The standard InChI is InChI=1S/C16H13BrN2O3/c1-21-14-7-10(5-6-18-14)9-19-16(20)13-8-11-3-2-4-12(17)15(11)22-13/h2-8H,9H2,1H3,(H,19,20). The van der Waals surface area contributed by atoms with E-state index in [0.717, 1.165) is 15.4 Å². The minimum Gasteiger partial charge on any atom is -0.481 e. The maximum atomic E-state index is 12.2. The van der Waals surface area contributed by atoms with Crippen molar-refractivity contribution in [1.82, 2.24) is 10.3 Å². The summed E-state index contributed by atoms with van der Waals surface area (Å²) < 4.78 is 11.5. The van der Waals surface area contributed by atoms with Gasteiger partial charge < -0.3 is 14.5 Å². The van der Waals surface area contributed by atoms with E-state index in [2.05, 4.69) is 26.2 Å². The van der Waals surface area contributed by atoms with Gasteiger partial charge in [0, 0.05) is 24.2 Å². The van der Waals surface area contributed by atoms with E-state index in [1.165, 1.54) is 0 Å². The number of carbonyl (C=O) groups is 1. The summed E-state index contributed by atoms with van der Waals surface area (Å²) in [4.78, 5) is 16.2. The second kappa shape index (κ2) is 6.19. The molecule has 2 aromatic heterocycles. The topological polar surface area (TPSA) is 64.4 Å². The Kier molecular flexibility index (Phi) is 4.11. The lowest BCUT2D eigenvalue weighted by Crippen LogP contribution is -2.22. The van der Waals surface area contributed by atoms with Crippen LogP contribution in [0.3, 0.4) is 0 Å². The summed E-state index contributed by atoms with van der Waals surface area (Å²) in [5, 5.41) is 3.70. The van der Waals surface area contributed by atoms with Gasteiger partial charge in [0.05, 0.1) is 11.6 Å². The quantitative estimate of drug-likeness (QED) is 0.772. The smallest absolute Gasteiger partial charge is 0.287 e. The Balaban J connectivity index is 1.74. The molecule has 3 rings (SSSR count). The van der Waals surface area contributed by atoms with Crippen LogP contribution in [0.1, 0.15) is 16.1 Å². The second-order valence-electron chi connectivity index (χ2n) is 4.66. The third-order valence-electron chi connectivity index (χ3n) is 3.18. The molecule has 0 bridgehead atoms. The first-order chi connectivity index (χ1) is 10.7. The van der Waals surface area contributed by atoms with Crippen molar-refractivity contribution in [1.29, 1.82) is 0 Å². The maximum Gasteiger partial charge on any atom is 0.287 e. The van der Waals surface area contributed by atoms with Crippen molar-refractivity contribution in [3.63, 3.8) is 0 Å². The van der Waals surface area contributed by atoms with E-state index in [1.54, 1.807) is 25.4 Å². The number of rotatable bonds is 4. The molecular weight excluding hydrogens is 348 g/mol. The first-order valence-corrected chi connectivity index (χ1v) is 7.42. The molecule has 3 aromatic rings. The highest BCUT2D eigenvalue weighted by Crippen LogP contribution is 2.26. The molecule has 5 nitrogen and oxygen atoms in total. The lowest BCUT2D eigenvalue weighted by molar-refractivity contribution is 0.0925. The number of carbonyl (C=O) groups excluding carboxylic acids is 1. The SMILES string of the molecule is COc1cc(CNC(=O)c2cc3cccc(Br)c3o2)ccn1. The van der Waals surface area contributed by atoms with Crippen molar-refractivity contribution < 1.29 is 13.9 Å². The second-order valence-corrected chi connectivity index (χ2v) is 5.51. The molecule has 6 heteroatoms. The van der Waals surface area contributed by atoms with Crippen molar-refractivity contribution in [2.24, 2.45) is 0 Å². The van der Waals surface area contributed by atoms with Crippen LogP contribution in [-0.4, -0.2) is 18.0 Å². The molecule has 0 aliphatic heterocycles. The molecule has 0 aliphatic rings. The Labute approximate surface area is 135 Å². The van der Waals surface area contributed by atoms with Crippen LogP contribution in [0.2, 0.25) is 0 Å². The number of hydrogen-bond acceptors (Lipinski definition) is 4. The van der Waals surface area contributed by atoms with Crippen molar-refractivity contribution in [3.05, 3.63) is 58.4 Å². The molecule has 0 aliphatic carbocycles. The van der Waals surface area contributed by atoms with E-state index >= 15 is 0 Å². The summed E-state index contributed by atoms with van der Waals surface area (Å²) in [6.07, 6.45) is 1.64. The molecule has 22 heavy (non-hydrogen) atoms. The van der Waals surface area contributed by atoms with E-state index in [0.29, 0.717) is 18.0 Å². The number of nitrogens with one attached hydrogen (secondary N) is 1. The van der Waals surface area contributed by atoms with Crippen LogP contribution in [-0.2, 0) is 6.54 Å². The predicted molar refractivity (Wildman–Crippen MR) is 85.9 cm³/mol. The van der Waals surface area contributed by atoms with E-state index < -0.39 is 0 Å². The fourth-order valence-corrected chi connectivity index (χ4v) is 2.54. The van der Waals surface area contributed by atoms with Gasteiger partial charge in [-0.15, -0.1) is 0 Å². The molecule has 0 atom stereocenters. The third kappa shape index (κ3) is 2.96. The number of para-hydroxylation sites is 1. The number of ether oxygens (including phenoxy) is 1. The molecule has 0 radical (unpaired) electrons. The number of fused-ring (bicyclic) bond motifs is 1. The number of halogens is 1. The molecule has 0 saturated carbocycles. The van der Waals surface area contributed by atoms with Crippen LogP contribution in [0.4, 0.5) is 0 Å². The minimum atomic E-state index is -0.265. The summed E-state index contributed by atoms with van der Waals surface area (Å²) in [6.45, 7) is 0.371. The summed E-state index contributed by atoms with van der Waals surface area (Å²) >= 11 is 3.40. The Morgan fingerprint density at radius 2 is 2.23 bits per heavy atom. The molecule has 1 N–H and O–H groups in total. The number of amides is 1. The van der Waals surface area contributed by atoms with E-state index in [9.17, 15) is 4.79 Å². The van der Waals surface area contributed by atoms with Crippen molar-refractivity contribution in [2.45, 2.75) is 6.54 Å². The van der Waals surface area contributed by atoms with Crippen molar-refractivity contribution in [2.75, 3.05) is 7.11 Å². The first-order valence-electron chi connectivity index (χ1n) is 6.62. The summed E-state index contributed by atoms with van der Waals surface area (Å²) in [7, 11) is 1.55. The van der Waals surface area contributed by atoms with Gasteiger partial charge in [-0.2, -0.15) is 0 Å². The maximum absolute atomic E-state index is 12.2. The minimum absolute atomic E-state index is 0.265. The molecule has 0 fully saturated rings. The summed E-state index contributed by atoms with van der Waals surface area (Å²) in [5.41, 5.74) is 1.57. The summed E-state index contributed by atoms with van der Waals surface area (Å²) in [5.74, 6) is 0.529. The number of aromatic nitrogens is 1. The van der Waals surface area contributed by atoms with Gasteiger partial charge in [0.15, 0.2) is 5.76 Å². The average Bonchev–Trinajstić information content (AvgIpc) is 2.98. The highest BCUT2D eigenvalue weighted by molar-refractivity contribution is 9.10. The van der Waals surface area contributed by atoms with Crippen LogP contribution in [0, 0.1) is 0 Å². The average molecular weight is 361 g/mol. The number of pyridine rings is 1. The fraction of sp³-hybridized carbons (Fsp3) is 0.125. The van der Waals surface area contributed by atoms with Crippen LogP contribution < -0.4 is 10.1 Å². The number of nitrogens with zero attached hydrogens (tertiary/aromatic N) is 1. The molecule has 0 spiro atoms. The lowest BCUT2D eigenvalue weighted by atomic mass is 10.2. The monoisotopic (exact) mass is 360 g/mol. The van der Waals surface area contributed by atoms with Crippen LogP contribution in [0.15, 0.2) is 51.5 Å². The van der Waals surface area contributed by atoms with Gasteiger partial charge in [0.2, 0.25) is 5.88 Å². The zero-order chi connectivity index (χ0) is 15.5. The van der Waals surface area contributed by atoms with Gasteiger partial charge >= 0.3 is 0 Å². The third-order valence-corrected chi connectivity index (χ3v) is 3.81. The number of benzene rings is 1. The van der Waals surface area contributed by atoms with Crippen LogP contribution in [0.25, 0.3) is 11.0 Å². The number of methoxy groups -OCH3 is 1. The van der Waals surface area contributed by atoms with Crippen LogP contribution in [0.5, 0.6) is 5.88 Å². The summed E-state index contributed by atoms with van der Waals surface area (Å²) in [6, 6.07) is 11.0.